The maximum Gasteiger partial charge on any atom is 0.248 e. The summed E-state index contributed by atoms with van der Waals surface area (Å²) >= 11 is 0. The van der Waals surface area contributed by atoms with Gasteiger partial charge in [0.1, 0.15) is 0 Å². The highest BCUT2D eigenvalue weighted by molar-refractivity contribution is 5.52. The largest absolute Gasteiger partial charge is 0.504 e. The fourth-order valence-corrected chi connectivity index (χ4v) is 1.17. The Morgan fingerprint density at radius 2 is 2.21 bits per heavy atom. The molecule has 0 amide bonds. The first-order chi connectivity index (χ1) is 6.72. The lowest BCUT2D eigenvalue weighted by Gasteiger charge is -2.08. The molecule has 0 saturated heterocycles. The third-order valence-electron chi connectivity index (χ3n) is 1.79. The van der Waals surface area contributed by atoms with E-state index in [9.17, 15) is 5.11 Å². The van der Waals surface area contributed by atoms with E-state index in [4.69, 9.17) is 9.99 Å². The number of methoxy groups -OCH3 is 1. The SMILES string of the molecule is C=CCc1cc(O)c(OO)c(OC)c1. The topological polar surface area (TPSA) is 58.9 Å². The summed E-state index contributed by atoms with van der Waals surface area (Å²) in [6.45, 7) is 3.58. The average Bonchev–Trinajstić information content (AvgIpc) is 2.17. The van der Waals surface area contributed by atoms with Crippen LogP contribution in [0.1, 0.15) is 5.56 Å². The highest BCUT2D eigenvalue weighted by Gasteiger charge is 2.12. The molecule has 76 valence electrons. The summed E-state index contributed by atoms with van der Waals surface area (Å²) < 4.78 is 4.92. The monoisotopic (exact) mass is 196 g/mol. The normalized spacial score (nSPS) is 9.57. The molecule has 1 rings (SSSR count). The molecule has 1 aromatic rings. The number of phenols is 1. The van der Waals surface area contributed by atoms with Gasteiger partial charge in [-0.3, -0.25) is 0 Å². The Morgan fingerprint density at radius 3 is 2.71 bits per heavy atom. The smallest absolute Gasteiger partial charge is 0.248 e. The van der Waals surface area contributed by atoms with Gasteiger partial charge in [-0.1, -0.05) is 6.08 Å². The van der Waals surface area contributed by atoms with E-state index < -0.39 is 0 Å². The van der Waals surface area contributed by atoms with Crippen LogP contribution in [0.2, 0.25) is 0 Å². The Hall–Kier alpha value is -1.68. The highest BCUT2D eigenvalue weighted by Crippen LogP contribution is 2.37. The van der Waals surface area contributed by atoms with E-state index in [2.05, 4.69) is 11.5 Å². The molecule has 0 aliphatic carbocycles. The molecule has 0 aliphatic rings. The zero-order valence-corrected chi connectivity index (χ0v) is 7.86. The lowest BCUT2D eigenvalue weighted by Crippen LogP contribution is -1.93. The zero-order chi connectivity index (χ0) is 10.6. The minimum atomic E-state index is -0.163. The molecule has 0 fully saturated rings. The second kappa shape index (κ2) is 4.53. The molecule has 0 bridgehead atoms. The van der Waals surface area contributed by atoms with Crippen LogP contribution in [0.3, 0.4) is 0 Å². The van der Waals surface area contributed by atoms with Crippen LogP contribution in [0.15, 0.2) is 24.8 Å². The first-order valence-electron chi connectivity index (χ1n) is 4.05. The summed E-state index contributed by atoms with van der Waals surface area (Å²) in [6.07, 6.45) is 2.31. The van der Waals surface area contributed by atoms with E-state index in [1.54, 1.807) is 12.1 Å². The third-order valence-corrected chi connectivity index (χ3v) is 1.79. The van der Waals surface area contributed by atoms with Crippen LogP contribution in [0.5, 0.6) is 17.2 Å². The van der Waals surface area contributed by atoms with Crippen molar-refractivity contribution < 1.29 is 20.0 Å². The Bertz CT molecular complexity index is 333. The van der Waals surface area contributed by atoms with Gasteiger partial charge in [0, 0.05) is 0 Å². The number of ether oxygens (including phenoxy) is 1. The maximum atomic E-state index is 9.43. The molecule has 0 spiro atoms. The van der Waals surface area contributed by atoms with Gasteiger partial charge in [-0.2, -0.15) is 0 Å². The molecule has 2 N–H and O–H groups in total. The average molecular weight is 196 g/mol. The molecule has 0 aliphatic heterocycles. The van der Waals surface area contributed by atoms with Gasteiger partial charge < -0.3 is 14.7 Å². The van der Waals surface area contributed by atoms with Crippen molar-refractivity contribution in [3.63, 3.8) is 0 Å². The number of phenolic OH excluding ortho intramolecular Hbond substituents is 1. The summed E-state index contributed by atoms with van der Waals surface area (Å²) in [5.74, 6) is 0.0355. The van der Waals surface area contributed by atoms with Gasteiger partial charge >= 0.3 is 0 Å². The molecule has 0 atom stereocenters. The number of rotatable bonds is 4. The van der Waals surface area contributed by atoms with Crippen molar-refractivity contribution in [3.8, 4) is 17.2 Å². The van der Waals surface area contributed by atoms with Gasteiger partial charge in [-0.25, -0.2) is 5.26 Å². The molecule has 4 nitrogen and oxygen atoms in total. The fourth-order valence-electron chi connectivity index (χ4n) is 1.17. The second-order valence-electron chi connectivity index (χ2n) is 2.73. The molecule has 1 aromatic carbocycles. The van der Waals surface area contributed by atoms with E-state index in [1.807, 2.05) is 0 Å². The Labute approximate surface area is 81.9 Å². The molecule has 0 radical (unpaired) electrons. The summed E-state index contributed by atoms with van der Waals surface area (Å²) in [5.41, 5.74) is 0.829. The van der Waals surface area contributed by atoms with E-state index in [0.717, 1.165) is 5.56 Å². The third kappa shape index (κ3) is 1.97. The number of hydrogen-bond donors (Lipinski definition) is 2. The standard InChI is InChI=1S/C10H12O4/c1-3-4-7-5-8(11)10(14-12)9(6-7)13-2/h3,5-6,11-12H,1,4H2,2H3. The van der Waals surface area contributed by atoms with Gasteiger partial charge in [-0.05, 0) is 24.1 Å². The van der Waals surface area contributed by atoms with Gasteiger partial charge in [0.05, 0.1) is 7.11 Å². The second-order valence-corrected chi connectivity index (χ2v) is 2.73. The first kappa shape index (κ1) is 10.4. The van der Waals surface area contributed by atoms with Crippen molar-refractivity contribution >= 4 is 0 Å². The molecular weight excluding hydrogens is 184 g/mol. The number of benzene rings is 1. The van der Waals surface area contributed by atoms with Crippen molar-refractivity contribution in [1.29, 1.82) is 0 Å². The van der Waals surface area contributed by atoms with Gasteiger partial charge in [0.2, 0.25) is 5.75 Å². The maximum absolute atomic E-state index is 9.43. The van der Waals surface area contributed by atoms with E-state index >= 15 is 0 Å². The van der Waals surface area contributed by atoms with Crippen LogP contribution in [0.25, 0.3) is 0 Å². The van der Waals surface area contributed by atoms with E-state index in [-0.39, 0.29) is 17.2 Å². The molecule has 0 aromatic heterocycles. The zero-order valence-electron chi connectivity index (χ0n) is 7.86. The van der Waals surface area contributed by atoms with Gasteiger partial charge in [0.15, 0.2) is 11.5 Å². The molecule has 0 heterocycles. The van der Waals surface area contributed by atoms with E-state index in [0.29, 0.717) is 6.42 Å². The van der Waals surface area contributed by atoms with Crippen LogP contribution in [-0.2, 0) is 6.42 Å². The minimum absolute atomic E-state index is 0.0830. The Balaban J connectivity index is 3.16. The van der Waals surface area contributed by atoms with Crippen molar-refractivity contribution in [2.45, 2.75) is 6.42 Å². The number of aromatic hydroxyl groups is 1. The molecule has 0 unspecified atom stereocenters. The quantitative estimate of drug-likeness (QED) is 0.439. The van der Waals surface area contributed by atoms with Crippen LogP contribution in [-0.4, -0.2) is 17.5 Å². The molecule has 14 heavy (non-hydrogen) atoms. The Morgan fingerprint density at radius 1 is 1.50 bits per heavy atom. The molecule has 4 heteroatoms. The predicted molar refractivity (Wildman–Crippen MR) is 51.8 cm³/mol. The summed E-state index contributed by atoms with van der Waals surface area (Å²) in [6, 6.07) is 3.14. The van der Waals surface area contributed by atoms with Crippen LogP contribution in [0.4, 0.5) is 0 Å². The summed E-state index contributed by atoms with van der Waals surface area (Å²) in [4.78, 5) is 4.00. The highest BCUT2D eigenvalue weighted by atomic mass is 17.1. The van der Waals surface area contributed by atoms with Crippen molar-refractivity contribution in [2.75, 3.05) is 7.11 Å². The Kier molecular flexibility index (Phi) is 3.36. The lowest BCUT2D eigenvalue weighted by molar-refractivity contribution is -0.140. The van der Waals surface area contributed by atoms with Crippen LogP contribution in [0, 0.1) is 0 Å². The van der Waals surface area contributed by atoms with Crippen LogP contribution < -0.4 is 9.62 Å². The van der Waals surface area contributed by atoms with Crippen molar-refractivity contribution in [2.24, 2.45) is 0 Å². The summed E-state index contributed by atoms with van der Waals surface area (Å²) in [7, 11) is 1.43. The minimum Gasteiger partial charge on any atom is -0.504 e. The number of allylic oxidation sites excluding steroid dienone is 1. The fraction of sp³-hybridized carbons (Fsp3) is 0.200. The van der Waals surface area contributed by atoms with Gasteiger partial charge in [-0.15, -0.1) is 6.58 Å². The first-order valence-corrected chi connectivity index (χ1v) is 4.05. The molecular formula is C10H12O4. The summed E-state index contributed by atoms with van der Waals surface area (Å²) in [5, 5.41) is 17.9. The van der Waals surface area contributed by atoms with E-state index in [1.165, 1.54) is 13.2 Å². The van der Waals surface area contributed by atoms with Crippen molar-refractivity contribution in [1.82, 2.24) is 0 Å². The number of hydrogen-bond acceptors (Lipinski definition) is 4. The lowest BCUT2D eigenvalue weighted by atomic mass is 10.1. The predicted octanol–water partition coefficient (Wildman–Crippen LogP) is 1.98. The van der Waals surface area contributed by atoms with Gasteiger partial charge in [0.25, 0.3) is 0 Å². The van der Waals surface area contributed by atoms with Crippen LogP contribution >= 0.6 is 0 Å². The van der Waals surface area contributed by atoms with Crippen molar-refractivity contribution in [3.05, 3.63) is 30.4 Å². The molecule has 0 saturated carbocycles.